The minimum atomic E-state index is -0.927. The molecule has 120 valence electrons. The Morgan fingerprint density at radius 1 is 1.08 bits per heavy atom. The molecule has 0 amide bonds. The first-order chi connectivity index (χ1) is 11.6. The normalized spacial score (nSPS) is 11.5. The molecule has 0 radical (unpaired) electrons. The number of benzene rings is 2. The van der Waals surface area contributed by atoms with Crippen LogP contribution in [-0.2, 0) is 4.84 Å². The minimum Gasteiger partial charge on any atom is -0.507 e. The zero-order chi connectivity index (χ0) is 17.1. The highest BCUT2D eigenvalue weighted by atomic mass is 16.7. The van der Waals surface area contributed by atoms with E-state index in [1.807, 2.05) is 0 Å². The second-order valence-electron chi connectivity index (χ2n) is 5.06. The minimum absolute atomic E-state index is 0.0139. The highest BCUT2D eigenvalue weighted by Crippen LogP contribution is 2.17. The molecule has 0 bridgehead atoms. The van der Waals surface area contributed by atoms with Gasteiger partial charge in [-0.3, -0.25) is 0 Å². The Hall–Kier alpha value is -3.41. The fourth-order valence-electron chi connectivity index (χ4n) is 2.19. The standard InChI is InChI=1S/C18H13NO5/c1-11(13-7-3-4-8-15(13)20)19-24-18(22)14-10-12-6-2-5-9-16(12)23-17(14)21/h2-10,20H,1H3/b19-11+. The fourth-order valence-corrected chi connectivity index (χ4v) is 2.19. The van der Waals surface area contributed by atoms with Crippen molar-refractivity contribution in [3.05, 3.63) is 76.1 Å². The van der Waals surface area contributed by atoms with Crippen LogP contribution >= 0.6 is 0 Å². The number of fused-ring (bicyclic) bond motifs is 1. The van der Waals surface area contributed by atoms with Gasteiger partial charge in [-0.25, -0.2) is 9.59 Å². The molecule has 2 aromatic carbocycles. The number of carbonyl (C=O) groups excluding carboxylic acids is 1. The number of phenolic OH excluding ortho intramolecular Hbond substituents is 1. The largest absolute Gasteiger partial charge is 0.507 e. The summed E-state index contributed by atoms with van der Waals surface area (Å²) in [6, 6.07) is 14.7. The van der Waals surface area contributed by atoms with E-state index in [4.69, 9.17) is 9.25 Å². The Morgan fingerprint density at radius 2 is 1.79 bits per heavy atom. The molecule has 0 atom stereocenters. The van der Waals surface area contributed by atoms with Crippen LogP contribution in [-0.4, -0.2) is 16.8 Å². The van der Waals surface area contributed by atoms with Gasteiger partial charge < -0.3 is 14.4 Å². The van der Waals surface area contributed by atoms with E-state index in [0.29, 0.717) is 22.2 Å². The van der Waals surface area contributed by atoms with Crippen molar-refractivity contribution in [3.8, 4) is 5.75 Å². The molecule has 0 aliphatic heterocycles. The van der Waals surface area contributed by atoms with Crippen LogP contribution in [0.2, 0.25) is 0 Å². The molecule has 6 heteroatoms. The van der Waals surface area contributed by atoms with Gasteiger partial charge in [-0.05, 0) is 31.2 Å². The van der Waals surface area contributed by atoms with Gasteiger partial charge in [-0.2, -0.15) is 0 Å². The maximum Gasteiger partial charge on any atom is 0.373 e. The van der Waals surface area contributed by atoms with Gasteiger partial charge in [0.05, 0.1) is 5.71 Å². The van der Waals surface area contributed by atoms with Crippen molar-refractivity contribution in [1.29, 1.82) is 0 Å². The van der Waals surface area contributed by atoms with Gasteiger partial charge in [0.1, 0.15) is 16.9 Å². The molecule has 1 N–H and O–H groups in total. The summed E-state index contributed by atoms with van der Waals surface area (Å²) < 4.78 is 5.08. The molecule has 3 aromatic rings. The van der Waals surface area contributed by atoms with Crippen LogP contribution < -0.4 is 5.63 Å². The molecular formula is C18H13NO5. The number of aromatic hydroxyl groups is 1. The number of para-hydroxylation sites is 2. The van der Waals surface area contributed by atoms with E-state index in [0.717, 1.165) is 0 Å². The number of oxime groups is 1. The molecule has 0 saturated heterocycles. The highest BCUT2D eigenvalue weighted by Gasteiger charge is 2.16. The second kappa shape index (κ2) is 6.37. The van der Waals surface area contributed by atoms with Crippen LogP contribution in [0.1, 0.15) is 22.8 Å². The van der Waals surface area contributed by atoms with Crippen LogP contribution in [0.3, 0.4) is 0 Å². The zero-order valence-corrected chi connectivity index (χ0v) is 12.7. The molecule has 3 rings (SSSR count). The second-order valence-corrected chi connectivity index (χ2v) is 5.06. The average Bonchev–Trinajstić information content (AvgIpc) is 2.59. The van der Waals surface area contributed by atoms with Crippen molar-refractivity contribution >= 4 is 22.7 Å². The monoisotopic (exact) mass is 323 g/mol. The Balaban J connectivity index is 1.88. The lowest BCUT2D eigenvalue weighted by Crippen LogP contribution is -2.15. The lowest BCUT2D eigenvalue weighted by molar-refractivity contribution is 0.0511. The first-order valence-electron chi connectivity index (χ1n) is 7.13. The van der Waals surface area contributed by atoms with E-state index in [1.165, 1.54) is 12.1 Å². The molecule has 1 aromatic heterocycles. The third-order valence-electron chi connectivity index (χ3n) is 3.42. The van der Waals surface area contributed by atoms with Crippen LogP contribution in [0.5, 0.6) is 5.75 Å². The predicted molar refractivity (Wildman–Crippen MR) is 88.2 cm³/mol. The molecule has 0 aliphatic rings. The maximum absolute atomic E-state index is 12.1. The van der Waals surface area contributed by atoms with Gasteiger partial charge in [0.15, 0.2) is 0 Å². The Labute approximate surface area is 136 Å². The Kier molecular flexibility index (Phi) is 4.11. The summed E-state index contributed by atoms with van der Waals surface area (Å²) in [5.74, 6) is -0.913. The van der Waals surface area contributed by atoms with Crippen molar-refractivity contribution < 1.29 is 19.2 Å². The van der Waals surface area contributed by atoms with E-state index < -0.39 is 11.6 Å². The van der Waals surface area contributed by atoms with Gasteiger partial charge in [0.25, 0.3) is 0 Å². The number of carbonyl (C=O) groups is 1. The average molecular weight is 323 g/mol. The molecule has 0 saturated carbocycles. The van der Waals surface area contributed by atoms with Crippen LogP contribution in [0, 0.1) is 0 Å². The first kappa shape index (κ1) is 15.5. The number of phenols is 1. The van der Waals surface area contributed by atoms with Gasteiger partial charge in [0.2, 0.25) is 0 Å². The zero-order valence-electron chi connectivity index (χ0n) is 12.7. The molecular weight excluding hydrogens is 310 g/mol. The summed E-state index contributed by atoms with van der Waals surface area (Å²) in [5.41, 5.74) is 0.0621. The van der Waals surface area contributed by atoms with E-state index in [1.54, 1.807) is 49.4 Å². The van der Waals surface area contributed by atoms with Gasteiger partial charge in [-0.1, -0.05) is 35.5 Å². The summed E-state index contributed by atoms with van der Waals surface area (Å²) in [7, 11) is 0. The topological polar surface area (TPSA) is 89.1 Å². The van der Waals surface area contributed by atoms with Crippen LogP contribution in [0.25, 0.3) is 11.0 Å². The Morgan fingerprint density at radius 3 is 2.58 bits per heavy atom. The summed E-state index contributed by atoms with van der Waals surface area (Å²) in [6.07, 6.45) is 0. The lowest BCUT2D eigenvalue weighted by atomic mass is 10.1. The molecule has 1 heterocycles. The number of nitrogens with zero attached hydrogens (tertiary/aromatic N) is 1. The molecule has 0 aliphatic carbocycles. The molecule has 0 fully saturated rings. The van der Waals surface area contributed by atoms with Crippen molar-refractivity contribution in [3.63, 3.8) is 0 Å². The summed E-state index contributed by atoms with van der Waals surface area (Å²) in [4.78, 5) is 28.8. The number of hydrogen-bond acceptors (Lipinski definition) is 6. The SMILES string of the molecule is C/C(=N\OC(=O)c1cc2ccccc2oc1=O)c1ccccc1O. The molecule has 24 heavy (non-hydrogen) atoms. The van der Waals surface area contributed by atoms with Crippen LogP contribution in [0.4, 0.5) is 0 Å². The van der Waals surface area contributed by atoms with E-state index >= 15 is 0 Å². The third kappa shape index (κ3) is 3.03. The maximum atomic E-state index is 12.1. The van der Waals surface area contributed by atoms with Crippen molar-refractivity contribution in [1.82, 2.24) is 0 Å². The van der Waals surface area contributed by atoms with E-state index in [2.05, 4.69) is 5.16 Å². The third-order valence-corrected chi connectivity index (χ3v) is 3.42. The number of hydrogen-bond donors (Lipinski definition) is 1. The Bertz CT molecular complexity index is 1000. The summed E-state index contributed by atoms with van der Waals surface area (Å²) >= 11 is 0. The summed E-state index contributed by atoms with van der Waals surface area (Å²) in [5, 5.41) is 14.0. The highest BCUT2D eigenvalue weighted by molar-refractivity contribution is 6.01. The van der Waals surface area contributed by atoms with Crippen molar-refractivity contribution in [2.75, 3.05) is 0 Å². The first-order valence-corrected chi connectivity index (χ1v) is 7.13. The lowest BCUT2D eigenvalue weighted by Gasteiger charge is -2.03. The molecule has 0 unspecified atom stereocenters. The van der Waals surface area contributed by atoms with Gasteiger partial charge in [-0.15, -0.1) is 0 Å². The van der Waals surface area contributed by atoms with Gasteiger partial charge in [0, 0.05) is 10.9 Å². The number of rotatable bonds is 3. The quantitative estimate of drug-likeness (QED) is 0.346. The van der Waals surface area contributed by atoms with E-state index in [-0.39, 0.29) is 11.3 Å². The summed E-state index contributed by atoms with van der Waals surface area (Å²) in [6.45, 7) is 1.57. The fraction of sp³-hybridized carbons (Fsp3) is 0.0556. The van der Waals surface area contributed by atoms with Crippen LogP contribution in [0.15, 0.2) is 69.0 Å². The van der Waals surface area contributed by atoms with Crippen molar-refractivity contribution in [2.24, 2.45) is 5.16 Å². The molecule has 0 spiro atoms. The molecule has 6 nitrogen and oxygen atoms in total. The smallest absolute Gasteiger partial charge is 0.373 e. The predicted octanol–water partition coefficient (Wildman–Crippen LogP) is 3.08. The van der Waals surface area contributed by atoms with Crippen molar-refractivity contribution in [2.45, 2.75) is 6.92 Å². The van der Waals surface area contributed by atoms with E-state index in [9.17, 15) is 14.7 Å². The van der Waals surface area contributed by atoms with Gasteiger partial charge >= 0.3 is 11.6 Å².